The lowest BCUT2D eigenvalue weighted by atomic mass is 10.00. The Morgan fingerprint density at radius 2 is 0.808 bits per heavy atom. The molecule has 272 valence electrons. The first-order valence-corrected chi connectivity index (χ1v) is 20.3. The Bertz CT molecular complexity index is 1880. The average molecular weight is 695 g/mol. The number of aryl methyl sites for hydroxylation is 4. The SMILES string of the molecule is CCCCCc1cc(CCCCC)c2oc(-c3ccc(C=Cc4ccc(-c5nc6cc(CCCCC)cc(CCCCC)c6o5)cc4)cc3)nc2c1. The van der Waals surface area contributed by atoms with E-state index in [-0.39, 0.29) is 0 Å². The van der Waals surface area contributed by atoms with Crippen molar-refractivity contribution in [3.05, 3.63) is 106 Å². The van der Waals surface area contributed by atoms with Crippen LogP contribution in [0, 0.1) is 0 Å². The van der Waals surface area contributed by atoms with Crippen molar-refractivity contribution in [2.45, 2.75) is 130 Å². The van der Waals surface area contributed by atoms with Crippen LogP contribution in [0.15, 0.2) is 81.6 Å². The molecule has 0 bridgehead atoms. The zero-order valence-corrected chi connectivity index (χ0v) is 32.1. The van der Waals surface area contributed by atoms with Gasteiger partial charge in [-0.3, -0.25) is 0 Å². The van der Waals surface area contributed by atoms with Gasteiger partial charge in [-0.05, 0) is 121 Å². The molecule has 0 amide bonds. The Morgan fingerprint density at radius 1 is 0.442 bits per heavy atom. The molecular formula is C48H58N2O2. The van der Waals surface area contributed by atoms with Crippen LogP contribution in [0.4, 0.5) is 0 Å². The van der Waals surface area contributed by atoms with E-state index in [2.05, 4.69) is 113 Å². The number of hydrogen-bond acceptors (Lipinski definition) is 4. The van der Waals surface area contributed by atoms with Crippen molar-refractivity contribution < 1.29 is 8.83 Å². The van der Waals surface area contributed by atoms with Crippen molar-refractivity contribution in [3.8, 4) is 22.9 Å². The average Bonchev–Trinajstić information content (AvgIpc) is 3.80. The molecule has 0 spiro atoms. The van der Waals surface area contributed by atoms with Gasteiger partial charge in [-0.1, -0.05) is 128 Å². The van der Waals surface area contributed by atoms with E-state index in [4.69, 9.17) is 18.8 Å². The maximum Gasteiger partial charge on any atom is 0.227 e. The largest absolute Gasteiger partial charge is 0.436 e. The molecule has 2 aromatic heterocycles. The number of fused-ring (bicyclic) bond motifs is 2. The Hall–Kier alpha value is -4.44. The predicted molar refractivity (Wildman–Crippen MR) is 221 cm³/mol. The summed E-state index contributed by atoms with van der Waals surface area (Å²) in [4.78, 5) is 9.95. The van der Waals surface area contributed by atoms with Gasteiger partial charge in [-0.15, -0.1) is 0 Å². The van der Waals surface area contributed by atoms with E-state index in [1.165, 1.54) is 99.3 Å². The van der Waals surface area contributed by atoms with E-state index in [0.717, 1.165) is 70.1 Å². The molecular weight excluding hydrogens is 637 g/mol. The first kappa shape index (κ1) is 37.3. The summed E-state index contributed by atoms with van der Waals surface area (Å²) in [6.45, 7) is 9.03. The van der Waals surface area contributed by atoms with Gasteiger partial charge in [0.15, 0.2) is 11.2 Å². The lowest BCUT2D eigenvalue weighted by molar-refractivity contribution is 0.610. The van der Waals surface area contributed by atoms with Gasteiger partial charge in [0, 0.05) is 11.1 Å². The summed E-state index contributed by atoms with van der Waals surface area (Å²) in [6.07, 6.45) is 23.3. The first-order chi connectivity index (χ1) is 25.6. The molecule has 0 unspecified atom stereocenters. The minimum Gasteiger partial charge on any atom is -0.436 e. The van der Waals surface area contributed by atoms with Crippen LogP contribution in [-0.2, 0) is 25.7 Å². The summed E-state index contributed by atoms with van der Waals surface area (Å²) in [7, 11) is 0. The predicted octanol–water partition coefficient (Wildman–Crippen LogP) is 14.4. The van der Waals surface area contributed by atoms with E-state index >= 15 is 0 Å². The van der Waals surface area contributed by atoms with Crippen molar-refractivity contribution in [2.75, 3.05) is 0 Å². The first-order valence-electron chi connectivity index (χ1n) is 20.3. The lowest BCUT2D eigenvalue weighted by Crippen LogP contribution is -1.92. The second-order valence-electron chi connectivity index (χ2n) is 14.7. The van der Waals surface area contributed by atoms with E-state index in [0.29, 0.717) is 11.8 Å². The number of unbranched alkanes of at least 4 members (excludes halogenated alkanes) is 8. The van der Waals surface area contributed by atoms with Gasteiger partial charge in [-0.25, -0.2) is 9.97 Å². The van der Waals surface area contributed by atoms with Crippen molar-refractivity contribution in [3.63, 3.8) is 0 Å². The number of nitrogens with zero attached hydrogens (tertiary/aromatic N) is 2. The Kier molecular flexibility index (Phi) is 13.5. The molecule has 4 nitrogen and oxygen atoms in total. The van der Waals surface area contributed by atoms with E-state index in [9.17, 15) is 0 Å². The molecule has 0 saturated carbocycles. The molecule has 2 heterocycles. The Morgan fingerprint density at radius 3 is 1.17 bits per heavy atom. The van der Waals surface area contributed by atoms with Crippen LogP contribution in [0.2, 0.25) is 0 Å². The molecule has 0 saturated heterocycles. The van der Waals surface area contributed by atoms with Gasteiger partial charge in [-0.2, -0.15) is 0 Å². The zero-order valence-electron chi connectivity index (χ0n) is 32.1. The summed E-state index contributed by atoms with van der Waals surface area (Å²) in [5.41, 5.74) is 13.5. The van der Waals surface area contributed by atoms with Crippen LogP contribution < -0.4 is 0 Å². The van der Waals surface area contributed by atoms with E-state index in [1.54, 1.807) is 0 Å². The molecule has 0 aliphatic heterocycles. The number of oxazole rings is 2. The summed E-state index contributed by atoms with van der Waals surface area (Å²) >= 11 is 0. The highest BCUT2D eigenvalue weighted by atomic mass is 16.4. The second-order valence-corrected chi connectivity index (χ2v) is 14.7. The second kappa shape index (κ2) is 18.9. The molecule has 0 aliphatic carbocycles. The fourth-order valence-electron chi connectivity index (χ4n) is 7.20. The quantitative estimate of drug-likeness (QED) is 0.0589. The maximum atomic E-state index is 6.44. The Labute approximate surface area is 311 Å². The van der Waals surface area contributed by atoms with Gasteiger partial charge in [0.05, 0.1) is 0 Å². The van der Waals surface area contributed by atoms with Gasteiger partial charge < -0.3 is 8.83 Å². The summed E-state index contributed by atoms with van der Waals surface area (Å²) in [5, 5.41) is 0. The zero-order chi connectivity index (χ0) is 36.1. The molecule has 4 heteroatoms. The maximum absolute atomic E-state index is 6.44. The molecule has 0 fully saturated rings. The molecule has 0 N–H and O–H groups in total. The van der Waals surface area contributed by atoms with Crippen LogP contribution in [0.25, 0.3) is 57.3 Å². The highest BCUT2D eigenvalue weighted by Gasteiger charge is 2.15. The van der Waals surface area contributed by atoms with E-state index in [1.807, 2.05) is 0 Å². The highest BCUT2D eigenvalue weighted by molar-refractivity contribution is 5.82. The van der Waals surface area contributed by atoms with Crippen LogP contribution in [-0.4, -0.2) is 9.97 Å². The number of benzene rings is 4. The smallest absolute Gasteiger partial charge is 0.227 e. The monoisotopic (exact) mass is 694 g/mol. The summed E-state index contributed by atoms with van der Waals surface area (Å²) in [6, 6.07) is 26.2. The molecule has 4 aromatic carbocycles. The van der Waals surface area contributed by atoms with Crippen molar-refractivity contribution in [1.29, 1.82) is 0 Å². The lowest BCUT2D eigenvalue weighted by Gasteiger charge is -2.06. The number of aromatic nitrogens is 2. The van der Waals surface area contributed by atoms with Crippen molar-refractivity contribution in [2.24, 2.45) is 0 Å². The van der Waals surface area contributed by atoms with Gasteiger partial charge in [0.25, 0.3) is 0 Å². The minimum absolute atomic E-state index is 0.698. The fraction of sp³-hybridized carbons (Fsp3) is 0.417. The summed E-state index contributed by atoms with van der Waals surface area (Å²) in [5.74, 6) is 1.40. The van der Waals surface area contributed by atoms with Crippen LogP contribution in [0.3, 0.4) is 0 Å². The van der Waals surface area contributed by atoms with Crippen molar-refractivity contribution >= 4 is 34.4 Å². The molecule has 0 radical (unpaired) electrons. The van der Waals surface area contributed by atoms with Gasteiger partial charge >= 0.3 is 0 Å². The third-order valence-electron chi connectivity index (χ3n) is 10.3. The number of rotatable bonds is 20. The van der Waals surface area contributed by atoms with E-state index < -0.39 is 0 Å². The van der Waals surface area contributed by atoms with Crippen LogP contribution in [0.5, 0.6) is 0 Å². The standard InChI is InChI=1S/C48H58N2O2/c1-5-9-13-17-37-31-41(19-15-11-7-3)45-43(33-37)49-47(51-45)39-27-23-35(24-28-39)21-22-36-25-29-40(30-26-36)48-50-44-34-38(18-14-10-6-2)32-42(46(44)52-48)20-16-12-8-4/h21-34H,5-20H2,1-4H3. The third kappa shape index (κ3) is 9.70. The molecule has 6 rings (SSSR count). The molecule has 6 aromatic rings. The van der Waals surface area contributed by atoms with Crippen LogP contribution in [0.1, 0.15) is 138 Å². The highest BCUT2D eigenvalue weighted by Crippen LogP contribution is 2.32. The topological polar surface area (TPSA) is 52.1 Å². The van der Waals surface area contributed by atoms with Gasteiger partial charge in [0.1, 0.15) is 11.0 Å². The molecule has 0 aliphatic rings. The molecule has 0 atom stereocenters. The van der Waals surface area contributed by atoms with Crippen molar-refractivity contribution in [1.82, 2.24) is 9.97 Å². The molecule has 52 heavy (non-hydrogen) atoms. The van der Waals surface area contributed by atoms with Gasteiger partial charge in [0.2, 0.25) is 11.8 Å². The minimum atomic E-state index is 0.698. The third-order valence-corrected chi connectivity index (χ3v) is 10.3. The van der Waals surface area contributed by atoms with Crippen LogP contribution >= 0.6 is 0 Å². The summed E-state index contributed by atoms with van der Waals surface area (Å²) < 4.78 is 12.9. The normalized spacial score (nSPS) is 11.8. The Balaban J connectivity index is 1.15. The fourth-order valence-corrected chi connectivity index (χ4v) is 7.20. The number of hydrogen-bond donors (Lipinski definition) is 0.